The van der Waals surface area contributed by atoms with Gasteiger partial charge in [0.1, 0.15) is 0 Å². The Morgan fingerprint density at radius 3 is 1.74 bits per heavy atom. The second-order valence-corrected chi connectivity index (χ2v) is 10.2. The number of hydrogen-bond acceptors (Lipinski definition) is 5. The zero-order valence-electron chi connectivity index (χ0n) is 22.5. The number of rotatable bonds is 3. The first-order valence-electron chi connectivity index (χ1n) is 13.8. The minimum absolute atomic E-state index is 0.829. The third-order valence-electron chi connectivity index (χ3n) is 7.49. The summed E-state index contributed by atoms with van der Waals surface area (Å²) >= 11 is 0. The van der Waals surface area contributed by atoms with E-state index in [2.05, 4.69) is 53.6 Å². The standard InChI is InChI=1S/C37H23N5/c1-3-7-25(8-4-1)35-32-14-11-27(39-32)21-28-13-16-34(41-28)36(26-9-5-2-6-10-26)37-31(24-17-19-38-20-18-24)23-30(42-37)22-29-12-15-33(35)40-29/h1-23H. The molecule has 0 N–H and O–H groups in total. The Labute approximate surface area is 243 Å². The first-order chi connectivity index (χ1) is 20.8. The van der Waals surface area contributed by atoms with E-state index in [1.807, 2.05) is 91.3 Å². The Kier molecular flexibility index (Phi) is 5.71. The highest BCUT2D eigenvalue weighted by Gasteiger charge is 2.26. The van der Waals surface area contributed by atoms with Crippen molar-refractivity contribution in [2.45, 2.75) is 0 Å². The van der Waals surface area contributed by atoms with Crippen LogP contribution in [0.25, 0.3) is 16.7 Å². The normalized spacial score (nSPS) is 18.5. The van der Waals surface area contributed by atoms with Gasteiger partial charge in [-0.05, 0) is 83.5 Å². The average Bonchev–Trinajstić information content (AvgIpc) is 3.85. The fourth-order valence-corrected chi connectivity index (χ4v) is 5.59. The van der Waals surface area contributed by atoms with Crippen LogP contribution in [0.5, 0.6) is 0 Å². The lowest BCUT2D eigenvalue weighted by Crippen LogP contribution is -2.05. The molecule has 42 heavy (non-hydrogen) atoms. The molecule has 8 bridgehead atoms. The van der Waals surface area contributed by atoms with Crippen LogP contribution in [0.3, 0.4) is 0 Å². The number of aromatic nitrogens is 1. The predicted octanol–water partition coefficient (Wildman–Crippen LogP) is 7.56. The van der Waals surface area contributed by atoms with Crippen molar-refractivity contribution in [1.82, 2.24) is 4.98 Å². The highest BCUT2D eigenvalue weighted by Crippen LogP contribution is 2.37. The Morgan fingerprint density at radius 1 is 0.429 bits per heavy atom. The van der Waals surface area contributed by atoms with Gasteiger partial charge in [-0.2, -0.15) is 0 Å². The smallest absolute Gasteiger partial charge is 0.0816 e. The quantitative estimate of drug-likeness (QED) is 0.340. The van der Waals surface area contributed by atoms with E-state index in [0.717, 1.165) is 79.0 Å². The molecule has 2 aromatic carbocycles. The molecule has 0 saturated carbocycles. The highest BCUT2D eigenvalue weighted by molar-refractivity contribution is 6.47. The molecule has 0 atom stereocenters. The maximum atomic E-state index is 5.21. The number of pyridine rings is 1. The number of aliphatic imine (C=N–C) groups is 4. The van der Waals surface area contributed by atoms with Crippen LogP contribution in [0.15, 0.2) is 183 Å². The third kappa shape index (κ3) is 4.34. The Morgan fingerprint density at radius 2 is 1.05 bits per heavy atom. The maximum Gasteiger partial charge on any atom is 0.0816 e. The van der Waals surface area contributed by atoms with E-state index in [0.29, 0.717) is 0 Å². The second-order valence-electron chi connectivity index (χ2n) is 10.2. The van der Waals surface area contributed by atoms with Crippen molar-refractivity contribution in [2.75, 3.05) is 0 Å². The fourth-order valence-electron chi connectivity index (χ4n) is 5.59. The Hall–Kier alpha value is -5.81. The minimum atomic E-state index is 0.829. The molecule has 3 aromatic rings. The summed E-state index contributed by atoms with van der Waals surface area (Å²) in [5.41, 5.74) is 13.0. The van der Waals surface area contributed by atoms with E-state index in [1.54, 1.807) is 0 Å². The van der Waals surface area contributed by atoms with Gasteiger partial charge < -0.3 is 0 Å². The first kappa shape index (κ1) is 24.0. The number of fused-ring (bicyclic) bond motifs is 4. The van der Waals surface area contributed by atoms with Gasteiger partial charge >= 0.3 is 0 Å². The molecule has 8 rings (SSSR count). The van der Waals surface area contributed by atoms with E-state index in [4.69, 9.17) is 20.0 Å². The van der Waals surface area contributed by atoms with Crippen molar-refractivity contribution >= 4 is 39.6 Å². The van der Waals surface area contributed by atoms with Gasteiger partial charge in [-0.3, -0.25) is 4.98 Å². The molecule has 0 unspecified atom stereocenters. The van der Waals surface area contributed by atoms with Crippen molar-refractivity contribution in [2.24, 2.45) is 20.0 Å². The average molecular weight is 538 g/mol. The van der Waals surface area contributed by atoms with Crippen molar-refractivity contribution in [1.29, 1.82) is 0 Å². The molecule has 0 aliphatic carbocycles. The summed E-state index contributed by atoms with van der Waals surface area (Å²) in [5, 5.41) is 0. The number of benzene rings is 2. The molecule has 6 heterocycles. The van der Waals surface area contributed by atoms with Gasteiger partial charge in [0.15, 0.2) is 0 Å². The zero-order chi connectivity index (χ0) is 27.9. The lowest BCUT2D eigenvalue weighted by molar-refractivity contribution is 1.32. The van der Waals surface area contributed by atoms with Crippen LogP contribution >= 0.6 is 0 Å². The fraction of sp³-hybridized carbons (Fsp3) is 0. The van der Waals surface area contributed by atoms with Crippen LogP contribution in [0, 0.1) is 0 Å². The van der Waals surface area contributed by atoms with Gasteiger partial charge in [0.25, 0.3) is 0 Å². The van der Waals surface area contributed by atoms with Crippen molar-refractivity contribution in [3.8, 4) is 0 Å². The summed E-state index contributed by atoms with van der Waals surface area (Å²) < 4.78 is 0. The van der Waals surface area contributed by atoms with Gasteiger partial charge in [0.2, 0.25) is 0 Å². The number of allylic oxidation sites excluding steroid dienone is 12. The van der Waals surface area contributed by atoms with Gasteiger partial charge in [-0.15, -0.1) is 0 Å². The van der Waals surface area contributed by atoms with Crippen LogP contribution in [0.2, 0.25) is 0 Å². The van der Waals surface area contributed by atoms with Gasteiger partial charge in [-0.25, -0.2) is 20.0 Å². The summed E-state index contributed by atoms with van der Waals surface area (Å²) in [6.07, 6.45) is 22.1. The summed E-state index contributed by atoms with van der Waals surface area (Å²) in [4.78, 5) is 24.6. The largest absolute Gasteiger partial charge is 0.265 e. The van der Waals surface area contributed by atoms with E-state index in [9.17, 15) is 0 Å². The van der Waals surface area contributed by atoms with Crippen molar-refractivity contribution < 1.29 is 0 Å². The van der Waals surface area contributed by atoms with Gasteiger partial charge in [0, 0.05) is 29.1 Å². The predicted molar refractivity (Wildman–Crippen MR) is 172 cm³/mol. The molecule has 1 aromatic heterocycles. The Bertz CT molecular complexity index is 2020. The number of nitrogens with zero attached hydrogens (tertiary/aromatic N) is 5. The molecule has 0 fully saturated rings. The maximum absolute atomic E-state index is 5.21. The molecule has 0 saturated heterocycles. The van der Waals surface area contributed by atoms with E-state index >= 15 is 0 Å². The molecule has 5 heteroatoms. The molecule has 5 aliphatic heterocycles. The van der Waals surface area contributed by atoms with Crippen LogP contribution in [-0.2, 0) is 0 Å². The molecule has 0 radical (unpaired) electrons. The van der Waals surface area contributed by atoms with E-state index < -0.39 is 0 Å². The third-order valence-corrected chi connectivity index (χ3v) is 7.49. The van der Waals surface area contributed by atoms with Crippen molar-refractivity contribution in [3.63, 3.8) is 0 Å². The highest BCUT2D eigenvalue weighted by atomic mass is 14.9. The van der Waals surface area contributed by atoms with E-state index in [-0.39, 0.29) is 0 Å². The SMILES string of the molecule is C1=CC2=NC1=CC1=NC(=C(c3ccccc3)C3=NC(=CC4=NC(=C2c2ccccc2)C=C4)C=C3c2ccncc2)C=C1. The molecular formula is C37H23N5. The number of hydrogen-bond donors (Lipinski definition) is 0. The monoisotopic (exact) mass is 537 g/mol. The minimum Gasteiger partial charge on any atom is -0.265 e. The van der Waals surface area contributed by atoms with Gasteiger partial charge in [0.05, 0.1) is 45.6 Å². The topological polar surface area (TPSA) is 62.3 Å². The zero-order valence-corrected chi connectivity index (χ0v) is 22.5. The molecule has 0 spiro atoms. The lowest BCUT2D eigenvalue weighted by Gasteiger charge is -2.13. The molecule has 5 nitrogen and oxygen atoms in total. The van der Waals surface area contributed by atoms with E-state index in [1.165, 1.54) is 0 Å². The van der Waals surface area contributed by atoms with Crippen molar-refractivity contribution in [3.05, 3.63) is 179 Å². The molecule has 196 valence electrons. The Balaban J connectivity index is 1.39. The molecule has 5 aliphatic rings. The summed E-state index contributed by atoms with van der Waals surface area (Å²) in [7, 11) is 0. The lowest BCUT2D eigenvalue weighted by atomic mass is 9.91. The summed E-state index contributed by atoms with van der Waals surface area (Å²) in [6.45, 7) is 0. The second kappa shape index (κ2) is 9.98. The van der Waals surface area contributed by atoms with Crippen LogP contribution < -0.4 is 0 Å². The summed E-state index contributed by atoms with van der Waals surface area (Å²) in [6, 6.07) is 24.7. The summed E-state index contributed by atoms with van der Waals surface area (Å²) in [5.74, 6) is 0. The van der Waals surface area contributed by atoms with Crippen LogP contribution in [0.4, 0.5) is 0 Å². The first-order valence-corrected chi connectivity index (χ1v) is 13.8. The molecule has 0 amide bonds. The van der Waals surface area contributed by atoms with Crippen LogP contribution in [-0.4, -0.2) is 27.8 Å². The van der Waals surface area contributed by atoms with Crippen LogP contribution in [0.1, 0.15) is 16.7 Å². The molecular weight excluding hydrogens is 514 g/mol. The van der Waals surface area contributed by atoms with Gasteiger partial charge in [-0.1, -0.05) is 60.7 Å².